The highest BCUT2D eigenvalue weighted by molar-refractivity contribution is 6.25. The largest absolute Gasteiger partial charge is 0.308 e. The van der Waals surface area contributed by atoms with Crippen molar-refractivity contribution in [2.45, 2.75) is 16.9 Å². The van der Waals surface area contributed by atoms with Gasteiger partial charge in [-0.25, -0.2) is 0 Å². The molecule has 0 saturated carbocycles. The van der Waals surface area contributed by atoms with Crippen LogP contribution in [0, 0.1) is 0 Å². The molecule has 0 bridgehead atoms. The van der Waals surface area contributed by atoms with E-state index in [-0.39, 0.29) is 0 Å². The Labute approximate surface area is 82.9 Å². The highest BCUT2D eigenvalue weighted by atomic mass is 35.5. The maximum atomic E-state index is 9.01. The van der Waals surface area contributed by atoms with Crippen LogP contribution in [0.4, 0.5) is 0 Å². The van der Waals surface area contributed by atoms with Crippen LogP contribution in [0.1, 0.15) is 0 Å². The molecule has 0 amide bonds. The van der Waals surface area contributed by atoms with E-state index in [0.717, 1.165) is 0 Å². The van der Waals surface area contributed by atoms with Gasteiger partial charge in [0.1, 0.15) is 0 Å². The van der Waals surface area contributed by atoms with E-state index in [0.29, 0.717) is 15.2 Å². The lowest BCUT2D eigenvalue weighted by Gasteiger charge is -2.42. The third kappa shape index (κ3) is 1.63. The highest BCUT2D eigenvalue weighted by Gasteiger charge is 2.43. The molecule has 72 valence electrons. The summed E-state index contributed by atoms with van der Waals surface area (Å²) in [4.78, 5) is 0. The van der Waals surface area contributed by atoms with Crippen LogP contribution < -0.4 is 0 Å². The minimum absolute atomic E-state index is 0.321. The van der Waals surface area contributed by atoms with Crippen LogP contribution in [-0.4, -0.2) is 47.7 Å². The van der Waals surface area contributed by atoms with E-state index in [1.165, 1.54) is 0 Å². The summed E-state index contributed by atoms with van der Waals surface area (Å²) in [6.45, 7) is 0. The van der Waals surface area contributed by atoms with Crippen LogP contribution in [-0.2, 0) is 0 Å². The van der Waals surface area contributed by atoms with Crippen molar-refractivity contribution in [1.82, 2.24) is 15.2 Å². The fraction of sp³-hybridized carbons (Fsp3) is 1.00. The van der Waals surface area contributed by atoms with E-state index < -0.39 is 16.9 Å². The molecule has 1 rings (SSSR count). The van der Waals surface area contributed by atoms with Gasteiger partial charge in [-0.3, -0.25) is 0 Å². The zero-order chi connectivity index (χ0) is 9.46. The van der Waals surface area contributed by atoms with Crippen molar-refractivity contribution in [3.63, 3.8) is 0 Å². The molecule has 0 aromatic rings. The van der Waals surface area contributed by atoms with Crippen LogP contribution in [0.25, 0.3) is 0 Å². The maximum Gasteiger partial charge on any atom is 0.190 e. The predicted molar refractivity (Wildman–Crippen MR) is 39.8 cm³/mol. The van der Waals surface area contributed by atoms with Crippen molar-refractivity contribution in [3.05, 3.63) is 0 Å². The van der Waals surface area contributed by atoms with Gasteiger partial charge in [0.2, 0.25) is 0 Å². The molecule has 1 heterocycles. The van der Waals surface area contributed by atoms with Gasteiger partial charge < -0.3 is 15.6 Å². The smallest absolute Gasteiger partial charge is 0.190 e. The Morgan fingerprint density at radius 2 is 0.833 bits per heavy atom. The van der Waals surface area contributed by atoms with E-state index in [4.69, 9.17) is 50.4 Å². The van der Waals surface area contributed by atoms with Crippen LogP contribution in [0.5, 0.6) is 0 Å². The number of nitrogens with zero attached hydrogens (tertiary/aromatic N) is 3. The number of halogens is 3. The van der Waals surface area contributed by atoms with E-state index in [1.54, 1.807) is 0 Å². The van der Waals surface area contributed by atoms with Crippen molar-refractivity contribution in [3.8, 4) is 0 Å². The summed E-state index contributed by atoms with van der Waals surface area (Å²) < 4.78 is 0. The molecular formula is C3H6Cl3N3O3. The number of rotatable bonds is 0. The van der Waals surface area contributed by atoms with Crippen molar-refractivity contribution >= 4 is 34.8 Å². The van der Waals surface area contributed by atoms with Gasteiger partial charge in [-0.15, -0.1) is 15.2 Å². The van der Waals surface area contributed by atoms with Gasteiger partial charge in [0.05, 0.1) is 0 Å². The fourth-order valence-electron chi connectivity index (χ4n) is 0.668. The Kier molecular flexibility index (Phi) is 3.38. The minimum atomic E-state index is -1.31. The number of alkyl halides is 3. The van der Waals surface area contributed by atoms with Crippen LogP contribution in [0.15, 0.2) is 0 Å². The Balaban J connectivity index is 2.76. The van der Waals surface area contributed by atoms with Crippen LogP contribution >= 0.6 is 34.8 Å². The molecule has 1 saturated heterocycles. The first kappa shape index (κ1) is 10.7. The van der Waals surface area contributed by atoms with E-state index >= 15 is 0 Å². The van der Waals surface area contributed by atoms with Crippen molar-refractivity contribution in [2.24, 2.45) is 0 Å². The molecule has 12 heavy (non-hydrogen) atoms. The Hall–Kier alpha value is 0.630. The number of hydrogen-bond acceptors (Lipinski definition) is 6. The third-order valence-electron chi connectivity index (χ3n) is 1.31. The Morgan fingerprint density at radius 1 is 0.667 bits per heavy atom. The molecule has 6 nitrogen and oxygen atoms in total. The molecule has 0 aliphatic carbocycles. The fourth-order valence-corrected chi connectivity index (χ4v) is 1.48. The average molecular weight is 238 g/mol. The summed E-state index contributed by atoms with van der Waals surface area (Å²) >= 11 is 16.3. The second-order valence-corrected chi connectivity index (χ2v) is 3.24. The molecule has 0 radical (unpaired) electrons. The molecule has 3 N–H and O–H groups in total. The lowest BCUT2D eigenvalue weighted by atomic mass is 10.7. The second-order valence-electron chi connectivity index (χ2n) is 2.07. The molecule has 0 unspecified atom stereocenters. The first-order valence-corrected chi connectivity index (χ1v) is 4.11. The van der Waals surface area contributed by atoms with Crippen molar-refractivity contribution in [1.29, 1.82) is 0 Å². The first-order chi connectivity index (χ1) is 5.46. The Morgan fingerprint density at radius 3 is 1.00 bits per heavy atom. The second kappa shape index (κ2) is 3.79. The quantitative estimate of drug-likeness (QED) is 0.425. The molecule has 0 aromatic heterocycles. The Bertz CT molecular complexity index is 116. The average Bonchev–Trinajstić information content (AvgIpc) is 2.08. The summed E-state index contributed by atoms with van der Waals surface area (Å²) in [6.07, 6.45) is 0. The van der Waals surface area contributed by atoms with E-state index in [2.05, 4.69) is 0 Å². The highest BCUT2D eigenvalue weighted by Crippen LogP contribution is 2.27. The monoisotopic (exact) mass is 237 g/mol. The zero-order valence-corrected chi connectivity index (χ0v) is 7.82. The van der Waals surface area contributed by atoms with Crippen molar-refractivity contribution < 1.29 is 15.6 Å². The predicted octanol–water partition coefficient (Wildman–Crippen LogP) is 0.641. The van der Waals surface area contributed by atoms with Gasteiger partial charge in [0.15, 0.2) is 16.9 Å². The van der Waals surface area contributed by atoms with Gasteiger partial charge in [-0.2, -0.15) is 0 Å². The lowest BCUT2D eigenvalue weighted by Crippen LogP contribution is -2.63. The molecular weight excluding hydrogens is 232 g/mol. The summed E-state index contributed by atoms with van der Waals surface area (Å²) in [5.74, 6) is 0. The molecule has 1 aliphatic heterocycles. The minimum Gasteiger partial charge on any atom is -0.308 e. The van der Waals surface area contributed by atoms with Crippen LogP contribution in [0.2, 0.25) is 0 Å². The third-order valence-corrected chi connectivity index (χ3v) is 2.51. The van der Waals surface area contributed by atoms with E-state index in [9.17, 15) is 0 Å². The number of hydrogen-bond donors (Lipinski definition) is 3. The number of hydroxylamine groups is 6. The normalized spacial score (nSPS) is 42.0. The first-order valence-electron chi connectivity index (χ1n) is 2.80. The van der Waals surface area contributed by atoms with Gasteiger partial charge in [0.25, 0.3) is 0 Å². The summed E-state index contributed by atoms with van der Waals surface area (Å²) in [5, 5.41) is 28.0. The molecule has 0 aromatic carbocycles. The van der Waals surface area contributed by atoms with E-state index in [1.807, 2.05) is 0 Å². The van der Waals surface area contributed by atoms with Crippen LogP contribution in [0.3, 0.4) is 0 Å². The maximum absolute atomic E-state index is 9.01. The molecule has 0 spiro atoms. The standard InChI is InChI=1S/C3H6Cl3N3O3/c4-1-7(10)2(5)9(12)3(6)8(1)11/h1-3,10-12H. The van der Waals surface area contributed by atoms with Crippen molar-refractivity contribution in [2.75, 3.05) is 0 Å². The van der Waals surface area contributed by atoms with Gasteiger partial charge in [-0.05, 0) is 0 Å². The summed E-state index contributed by atoms with van der Waals surface area (Å²) in [6, 6.07) is 0. The summed E-state index contributed by atoms with van der Waals surface area (Å²) in [5.41, 5.74) is -3.92. The van der Waals surface area contributed by atoms with Gasteiger partial charge in [0, 0.05) is 0 Å². The zero-order valence-electron chi connectivity index (χ0n) is 5.55. The van der Waals surface area contributed by atoms with Gasteiger partial charge in [-0.1, -0.05) is 34.8 Å². The molecule has 9 heteroatoms. The lowest BCUT2D eigenvalue weighted by molar-refractivity contribution is -0.364. The topological polar surface area (TPSA) is 70.4 Å². The summed E-state index contributed by atoms with van der Waals surface area (Å²) in [7, 11) is 0. The molecule has 0 atom stereocenters. The van der Waals surface area contributed by atoms with Gasteiger partial charge >= 0.3 is 0 Å². The molecule has 1 fully saturated rings. The SMILES string of the molecule is ON1C(Cl)N(O)C(Cl)N(O)C1Cl. The molecule has 1 aliphatic rings.